The fourth-order valence-electron chi connectivity index (χ4n) is 1.44. The zero-order valence-electron chi connectivity index (χ0n) is 11.5. The number of unbranched alkanes of at least 4 members (excludes halogenated alkanes) is 2. The number of hydrogen-bond donors (Lipinski definition) is 1. The molecular formula is C13H27NO3. The normalized spacial score (nSPS) is 14.4. The Morgan fingerprint density at radius 1 is 1.18 bits per heavy atom. The third-order valence-corrected chi connectivity index (χ3v) is 2.62. The standard InChI is InChI=1S/C13H27NO3/c1-4-6-10-16-11-8-7-9-13(3,14)12(15)17-5-2/h4-11,14H2,1-3H3. The molecule has 1 unspecified atom stereocenters. The van der Waals surface area contributed by atoms with E-state index in [1.807, 2.05) is 0 Å². The maximum atomic E-state index is 11.5. The van der Waals surface area contributed by atoms with Crippen LogP contribution >= 0.6 is 0 Å². The average Bonchev–Trinajstić information content (AvgIpc) is 2.28. The lowest BCUT2D eigenvalue weighted by atomic mass is 9.96. The second-order valence-corrected chi connectivity index (χ2v) is 4.56. The van der Waals surface area contributed by atoms with Gasteiger partial charge in [0, 0.05) is 13.2 Å². The monoisotopic (exact) mass is 245 g/mol. The first-order valence-corrected chi connectivity index (χ1v) is 6.58. The van der Waals surface area contributed by atoms with Crippen molar-refractivity contribution in [1.29, 1.82) is 0 Å². The Kier molecular flexibility index (Phi) is 9.09. The van der Waals surface area contributed by atoms with E-state index in [0.29, 0.717) is 13.0 Å². The molecule has 0 saturated carbocycles. The molecule has 102 valence electrons. The molecule has 1 atom stereocenters. The van der Waals surface area contributed by atoms with Gasteiger partial charge in [-0.3, -0.25) is 4.79 Å². The lowest BCUT2D eigenvalue weighted by Crippen LogP contribution is -2.46. The Morgan fingerprint density at radius 3 is 2.41 bits per heavy atom. The molecular weight excluding hydrogens is 218 g/mol. The molecule has 0 amide bonds. The molecule has 0 aliphatic rings. The predicted octanol–water partition coefficient (Wildman–Crippen LogP) is 2.25. The Bertz CT molecular complexity index is 205. The van der Waals surface area contributed by atoms with Gasteiger partial charge in [-0.2, -0.15) is 0 Å². The quantitative estimate of drug-likeness (QED) is 0.473. The Balaban J connectivity index is 3.55. The van der Waals surface area contributed by atoms with E-state index in [1.165, 1.54) is 0 Å². The van der Waals surface area contributed by atoms with Gasteiger partial charge in [-0.1, -0.05) is 13.3 Å². The van der Waals surface area contributed by atoms with Crippen molar-refractivity contribution in [2.24, 2.45) is 5.73 Å². The van der Waals surface area contributed by atoms with Gasteiger partial charge >= 0.3 is 5.97 Å². The number of hydrogen-bond acceptors (Lipinski definition) is 4. The highest BCUT2D eigenvalue weighted by atomic mass is 16.5. The molecule has 0 radical (unpaired) electrons. The first-order chi connectivity index (χ1) is 8.04. The molecule has 0 aliphatic carbocycles. The van der Waals surface area contributed by atoms with E-state index in [2.05, 4.69) is 6.92 Å². The topological polar surface area (TPSA) is 61.5 Å². The molecule has 0 aliphatic heterocycles. The minimum absolute atomic E-state index is 0.313. The average molecular weight is 245 g/mol. The maximum absolute atomic E-state index is 11.5. The second kappa shape index (κ2) is 9.42. The summed E-state index contributed by atoms with van der Waals surface area (Å²) in [6, 6.07) is 0. The van der Waals surface area contributed by atoms with Crippen molar-refractivity contribution in [3.05, 3.63) is 0 Å². The Morgan fingerprint density at radius 2 is 1.82 bits per heavy atom. The number of carbonyl (C=O) groups excluding carboxylic acids is 1. The number of nitrogens with two attached hydrogens (primary N) is 1. The molecule has 0 rings (SSSR count). The summed E-state index contributed by atoms with van der Waals surface area (Å²) in [7, 11) is 0. The van der Waals surface area contributed by atoms with Gasteiger partial charge in [0.05, 0.1) is 6.61 Å². The summed E-state index contributed by atoms with van der Waals surface area (Å²) >= 11 is 0. The van der Waals surface area contributed by atoms with Crippen LogP contribution in [0.2, 0.25) is 0 Å². The van der Waals surface area contributed by atoms with Crippen molar-refractivity contribution in [2.45, 2.75) is 58.4 Å². The van der Waals surface area contributed by atoms with Crippen molar-refractivity contribution in [2.75, 3.05) is 19.8 Å². The van der Waals surface area contributed by atoms with Crippen LogP contribution in [0.25, 0.3) is 0 Å². The predicted molar refractivity (Wildman–Crippen MR) is 68.8 cm³/mol. The largest absolute Gasteiger partial charge is 0.465 e. The van der Waals surface area contributed by atoms with Crippen LogP contribution < -0.4 is 5.73 Å². The van der Waals surface area contributed by atoms with E-state index in [4.69, 9.17) is 15.2 Å². The molecule has 0 spiro atoms. The second-order valence-electron chi connectivity index (χ2n) is 4.56. The number of rotatable bonds is 10. The first-order valence-electron chi connectivity index (χ1n) is 6.58. The van der Waals surface area contributed by atoms with Gasteiger partial charge in [-0.25, -0.2) is 0 Å². The van der Waals surface area contributed by atoms with Crippen LogP contribution in [0.3, 0.4) is 0 Å². The molecule has 17 heavy (non-hydrogen) atoms. The fourth-order valence-corrected chi connectivity index (χ4v) is 1.44. The Labute approximate surface area is 105 Å². The van der Waals surface area contributed by atoms with Gasteiger partial charge in [0.25, 0.3) is 0 Å². The summed E-state index contributed by atoms with van der Waals surface area (Å²) in [6.45, 7) is 7.61. The zero-order valence-corrected chi connectivity index (χ0v) is 11.5. The minimum Gasteiger partial charge on any atom is -0.465 e. The highest BCUT2D eigenvalue weighted by molar-refractivity contribution is 5.79. The van der Waals surface area contributed by atoms with E-state index in [1.54, 1.807) is 13.8 Å². The van der Waals surface area contributed by atoms with Crippen molar-refractivity contribution in [3.8, 4) is 0 Å². The van der Waals surface area contributed by atoms with E-state index >= 15 is 0 Å². The maximum Gasteiger partial charge on any atom is 0.325 e. The highest BCUT2D eigenvalue weighted by Gasteiger charge is 2.28. The lowest BCUT2D eigenvalue weighted by Gasteiger charge is -2.21. The van der Waals surface area contributed by atoms with Gasteiger partial charge in [0.1, 0.15) is 5.54 Å². The molecule has 4 nitrogen and oxygen atoms in total. The number of carbonyl (C=O) groups is 1. The minimum atomic E-state index is -0.862. The summed E-state index contributed by atoms with van der Waals surface area (Å²) in [6.07, 6.45) is 4.73. The molecule has 4 heteroatoms. The molecule has 0 aromatic rings. The lowest BCUT2D eigenvalue weighted by molar-refractivity contribution is -0.149. The van der Waals surface area contributed by atoms with Crippen molar-refractivity contribution < 1.29 is 14.3 Å². The van der Waals surface area contributed by atoms with Crippen LogP contribution in [0.15, 0.2) is 0 Å². The van der Waals surface area contributed by atoms with E-state index in [9.17, 15) is 4.79 Å². The molecule has 0 bridgehead atoms. The van der Waals surface area contributed by atoms with Crippen molar-refractivity contribution in [1.82, 2.24) is 0 Å². The van der Waals surface area contributed by atoms with E-state index < -0.39 is 5.54 Å². The Hall–Kier alpha value is -0.610. The molecule has 2 N–H and O–H groups in total. The number of ether oxygens (including phenoxy) is 2. The van der Waals surface area contributed by atoms with E-state index in [-0.39, 0.29) is 5.97 Å². The first kappa shape index (κ1) is 16.4. The highest BCUT2D eigenvalue weighted by Crippen LogP contribution is 2.12. The molecule has 0 aromatic carbocycles. The summed E-state index contributed by atoms with van der Waals surface area (Å²) in [4.78, 5) is 11.5. The van der Waals surface area contributed by atoms with Gasteiger partial charge in [-0.05, 0) is 39.5 Å². The third-order valence-electron chi connectivity index (χ3n) is 2.62. The molecule has 0 aromatic heterocycles. The zero-order chi connectivity index (χ0) is 13.1. The van der Waals surface area contributed by atoms with Crippen molar-refractivity contribution >= 4 is 5.97 Å². The summed E-state index contributed by atoms with van der Waals surface area (Å²) in [5, 5.41) is 0. The SMILES string of the molecule is CCCCOCCCCC(C)(N)C(=O)OCC. The smallest absolute Gasteiger partial charge is 0.325 e. The van der Waals surface area contributed by atoms with Crippen LogP contribution in [-0.4, -0.2) is 31.3 Å². The van der Waals surface area contributed by atoms with Gasteiger partial charge in [0.15, 0.2) is 0 Å². The van der Waals surface area contributed by atoms with Gasteiger partial charge in [0.2, 0.25) is 0 Å². The van der Waals surface area contributed by atoms with Crippen molar-refractivity contribution in [3.63, 3.8) is 0 Å². The summed E-state index contributed by atoms with van der Waals surface area (Å²) < 4.78 is 10.4. The summed E-state index contributed by atoms with van der Waals surface area (Å²) in [5.41, 5.74) is 5.03. The van der Waals surface area contributed by atoms with E-state index in [0.717, 1.165) is 38.9 Å². The van der Waals surface area contributed by atoms with Gasteiger partial charge in [-0.15, -0.1) is 0 Å². The number of esters is 1. The van der Waals surface area contributed by atoms with Gasteiger partial charge < -0.3 is 15.2 Å². The van der Waals surface area contributed by atoms with Crippen LogP contribution in [0.4, 0.5) is 0 Å². The third kappa shape index (κ3) is 8.16. The summed E-state index contributed by atoms with van der Waals surface area (Å²) in [5.74, 6) is -0.313. The van der Waals surface area contributed by atoms with Crippen LogP contribution in [0.5, 0.6) is 0 Å². The molecule has 0 saturated heterocycles. The van der Waals surface area contributed by atoms with Crippen LogP contribution in [0.1, 0.15) is 52.9 Å². The van der Waals surface area contributed by atoms with Crippen LogP contribution in [-0.2, 0) is 14.3 Å². The molecule has 0 fully saturated rings. The fraction of sp³-hybridized carbons (Fsp3) is 0.923. The van der Waals surface area contributed by atoms with Crippen LogP contribution in [0, 0.1) is 0 Å². The molecule has 0 heterocycles.